The molecule has 2 aromatic rings. The molecule has 104 valence electrons. The molecule has 1 atom stereocenters. The number of nitrogens with one attached hydrogen (secondary N) is 1. The maximum atomic E-state index is 13.2. The summed E-state index contributed by atoms with van der Waals surface area (Å²) < 4.78 is 39.4. The van der Waals surface area contributed by atoms with Crippen LogP contribution in [0.1, 0.15) is 29.2 Å². The van der Waals surface area contributed by atoms with Crippen LogP contribution in [-0.2, 0) is 6.42 Å². The van der Waals surface area contributed by atoms with E-state index in [1.54, 1.807) is 0 Å². The van der Waals surface area contributed by atoms with Crippen LogP contribution in [0.4, 0.5) is 18.9 Å². The van der Waals surface area contributed by atoms with E-state index >= 15 is 0 Å². The summed E-state index contributed by atoms with van der Waals surface area (Å²) in [6.07, 6.45) is 1.79. The molecule has 0 radical (unpaired) electrons. The normalized spacial score (nSPS) is 17.1. The van der Waals surface area contributed by atoms with Gasteiger partial charge in [0.2, 0.25) is 0 Å². The van der Waals surface area contributed by atoms with Crippen LogP contribution in [0.25, 0.3) is 0 Å². The van der Waals surface area contributed by atoms with Gasteiger partial charge in [-0.25, -0.2) is 13.2 Å². The van der Waals surface area contributed by atoms with E-state index < -0.39 is 17.5 Å². The van der Waals surface area contributed by atoms with E-state index in [4.69, 9.17) is 0 Å². The molecule has 0 fully saturated rings. The molecule has 1 unspecified atom stereocenters. The van der Waals surface area contributed by atoms with Gasteiger partial charge in [0.05, 0.1) is 6.04 Å². The average molecular weight is 277 g/mol. The molecule has 4 heteroatoms. The molecule has 0 heterocycles. The lowest BCUT2D eigenvalue weighted by Crippen LogP contribution is -2.08. The van der Waals surface area contributed by atoms with Crippen LogP contribution in [0.15, 0.2) is 30.3 Å². The van der Waals surface area contributed by atoms with Crippen molar-refractivity contribution in [2.45, 2.75) is 25.8 Å². The summed E-state index contributed by atoms with van der Waals surface area (Å²) in [6.45, 7) is 2.01. The van der Waals surface area contributed by atoms with Gasteiger partial charge in [-0.2, -0.15) is 0 Å². The summed E-state index contributed by atoms with van der Waals surface area (Å²) in [5.74, 6) is -3.77. The Morgan fingerprint density at radius 2 is 1.75 bits per heavy atom. The molecule has 0 aliphatic heterocycles. The molecule has 0 amide bonds. The lowest BCUT2D eigenvalue weighted by atomic mass is 10.0. The molecule has 0 saturated heterocycles. The second-order valence-electron chi connectivity index (χ2n) is 5.19. The van der Waals surface area contributed by atoms with Crippen molar-refractivity contribution in [2.24, 2.45) is 0 Å². The number of hydrogen-bond acceptors (Lipinski definition) is 1. The second kappa shape index (κ2) is 4.85. The smallest absolute Gasteiger partial charge is 0.194 e. The van der Waals surface area contributed by atoms with Crippen molar-refractivity contribution in [3.05, 3.63) is 64.5 Å². The molecule has 3 rings (SSSR count). The molecule has 0 saturated carbocycles. The number of aryl methyl sites for hydroxylation is 2. The van der Waals surface area contributed by atoms with Crippen molar-refractivity contribution >= 4 is 5.69 Å². The van der Waals surface area contributed by atoms with Crippen LogP contribution >= 0.6 is 0 Å². The van der Waals surface area contributed by atoms with Gasteiger partial charge in [-0.15, -0.1) is 0 Å². The quantitative estimate of drug-likeness (QED) is 0.796. The molecule has 1 aliphatic carbocycles. The third-order valence-corrected chi connectivity index (χ3v) is 3.70. The van der Waals surface area contributed by atoms with Crippen LogP contribution in [0.3, 0.4) is 0 Å². The van der Waals surface area contributed by atoms with Crippen LogP contribution in [-0.4, -0.2) is 0 Å². The van der Waals surface area contributed by atoms with E-state index in [0.717, 1.165) is 36.1 Å². The SMILES string of the molecule is Cc1ccc2c(c1)C(Nc1cc(F)c(F)c(F)c1)CC2. The Balaban J connectivity index is 1.89. The van der Waals surface area contributed by atoms with Crippen LogP contribution in [0, 0.1) is 24.4 Å². The second-order valence-corrected chi connectivity index (χ2v) is 5.19. The zero-order valence-corrected chi connectivity index (χ0v) is 11.0. The average Bonchev–Trinajstić information content (AvgIpc) is 2.78. The summed E-state index contributed by atoms with van der Waals surface area (Å²) >= 11 is 0. The largest absolute Gasteiger partial charge is 0.378 e. The van der Waals surface area contributed by atoms with E-state index in [1.807, 2.05) is 6.92 Å². The lowest BCUT2D eigenvalue weighted by Gasteiger charge is -2.16. The highest BCUT2D eigenvalue weighted by atomic mass is 19.2. The van der Waals surface area contributed by atoms with E-state index in [-0.39, 0.29) is 11.7 Å². The van der Waals surface area contributed by atoms with Gasteiger partial charge in [-0.05, 0) is 30.9 Å². The van der Waals surface area contributed by atoms with Gasteiger partial charge in [0.1, 0.15) is 0 Å². The van der Waals surface area contributed by atoms with Crippen molar-refractivity contribution in [3.8, 4) is 0 Å². The first-order chi connectivity index (χ1) is 9.54. The monoisotopic (exact) mass is 277 g/mol. The van der Waals surface area contributed by atoms with E-state index in [1.165, 1.54) is 5.56 Å². The Hall–Kier alpha value is -1.97. The summed E-state index contributed by atoms with van der Waals surface area (Å²) in [6, 6.07) is 8.21. The number of halogens is 3. The Bertz CT molecular complexity index is 644. The molecule has 0 bridgehead atoms. The first-order valence-corrected chi connectivity index (χ1v) is 6.55. The third-order valence-electron chi connectivity index (χ3n) is 3.70. The van der Waals surface area contributed by atoms with Gasteiger partial charge >= 0.3 is 0 Å². The van der Waals surface area contributed by atoms with Gasteiger partial charge < -0.3 is 5.32 Å². The van der Waals surface area contributed by atoms with Crippen molar-refractivity contribution in [1.29, 1.82) is 0 Å². The van der Waals surface area contributed by atoms with Crippen LogP contribution < -0.4 is 5.32 Å². The first kappa shape index (κ1) is 13.0. The van der Waals surface area contributed by atoms with Crippen molar-refractivity contribution in [1.82, 2.24) is 0 Å². The fraction of sp³-hybridized carbons (Fsp3) is 0.250. The molecule has 0 spiro atoms. The molecular formula is C16H14F3N. The predicted molar refractivity (Wildman–Crippen MR) is 72.2 cm³/mol. The van der Waals surface area contributed by atoms with Gasteiger partial charge in [0, 0.05) is 17.8 Å². The van der Waals surface area contributed by atoms with Crippen molar-refractivity contribution in [3.63, 3.8) is 0 Å². The Morgan fingerprint density at radius 3 is 2.45 bits per heavy atom. The molecule has 1 N–H and O–H groups in total. The maximum Gasteiger partial charge on any atom is 0.194 e. The molecule has 1 nitrogen and oxygen atoms in total. The van der Waals surface area contributed by atoms with Gasteiger partial charge in [-0.1, -0.05) is 23.8 Å². The molecule has 2 aromatic carbocycles. The number of anilines is 1. The molecular weight excluding hydrogens is 263 g/mol. The van der Waals surface area contributed by atoms with Gasteiger partial charge in [0.15, 0.2) is 17.5 Å². The fourth-order valence-electron chi connectivity index (χ4n) is 2.71. The minimum Gasteiger partial charge on any atom is -0.378 e. The minimum absolute atomic E-state index is 0.00848. The van der Waals surface area contributed by atoms with Gasteiger partial charge in [-0.3, -0.25) is 0 Å². The minimum atomic E-state index is -1.43. The highest BCUT2D eigenvalue weighted by Crippen LogP contribution is 2.34. The summed E-state index contributed by atoms with van der Waals surface area (Å²) in [7, 11) is 0. The molecule has 1 aliphatic rings. The zero-order valence-electron chi connectivity index (χ0n) is 11.0. The number of benzene rings is 2. The lowest BCUT2D eigenvalue weighted by molar-refractivity contribution is 0.447. The Kier molecular flexibility index (Phi) is 3.16. The topological polar surface area (TPSA) is 12.0 Å². The van der Waals surface area contributed by atoms with Crippen LogP contribution in [0.5, 0.6) is 0 Å². The maximum absolute atomic E-state index is 13.2. The van der Waals surface area contributed by atoms with Crippen molar-refractivity contribution < 1.29 is 13.2 Å². The zero-order chi connectivity index (χ0) is 14.3. The fourth-order valence-corrected chi connectivity index (χ4v) is 2.71. The summed E-state index contributed by atoms with van der Waals surface area (Å²) in [4.78, 5) is 0. The van der Waals surface area contributed by atoms with E-state index in [9.17, 15) is 13.2 Å². The predicted octanol–water partition coefficient (Wildman–Crippen LogP) is 4.51. The summed E-state index contributed by atoms with van der Waals surface area (Å²) in [5.41, 5.74) is 3.81. The number of rotatable bonds is 2. The highest BCUT2D eigenvalue weighted by molar-refractivity contribution is 5.49. The molecule has 20 heavy (non-hydrogen) atoms. The summed E-state index contributed by atoms with van der Waals surface area (Å²) in [5, 5.41) is 3.09. The third kappa shape index (κ3) is 2.26. The number of hydrogen-bond donors (Lipinski definition) is 1. The van der Waals surface area contributed by atoms with Gasteiger partial charge in [0.25, 0.3) is 0 Å². The molecule has 0 aromatic heterocycles. The van der Waals surface area contributed by atoms with E-state index in [0.29, 0.717) is 0 Å². The van der Waals surface area contributed by atoms with E-state index in [2.05, 4.69) is 23.5 Å². The highest BCUT2D eigenvalue weighted by Gasteiger charge is 2.23. The standard InChI is InChI=1S/C16H14F3N/c1-9-2-3-10-4-5-15(12(10)6-9)20-11-7-13(17)16(19)14(18)8-11/h2-3,6-8,15,20H,4-5H2,1H3. The Morgan fingerprint density at radius 1 is 1.05 bits per heavy atom. The van der Waals surface area contributed by atoms with Crippen LogP contribution in [0.2, 0.25) is 0 Å². The first-order valence-electron chi connectivity index (χ1n) is 6.55. The number of fused-ring (bicyclic) bond motifs is 1. The Labute approximate surface area is 115 Å². The van der Waals surface area contributed by atoms with Crippen molar-refractivity contribution in [2.75, 3.05) is 5.32 Å².